The molecule has 0 aliphatic heterocycles. The van der Waals surface area contributed by atoms with E-state index in [4.69, 9.17) is 4.74 Å². The number of hydrogen-bond acceptors (Lipinski definition) is 3. The quantitative estimate of drug-likeness (QED) is 0.760. The molecule has 1 fully saturated rings. The van der Waals surface area contributed by atoms with Crippen molar-refractivity contribution in [1.82, 2.24) is 0 Å². The molecule has 1 atom stereocenters. The van der Waals surface area contributed by atoms with E-state index in [9.17, 15) is 14.3 Å². The van der Waals surface area contributed by atoms with Gasteiger partial charge in [-0.3, -0.25) is 4.39 Å². The lowest BCUT2D eigenvalue weighted by Crippen LogP contribution is -2.27. The van der Waals surface area contributed by atoms with Crippen LogP contribution in [0.1, 0.15) is 39.0 Å². The molecule has 1 N–H and O–H groups in total. The third-order valence-corrected chi connectivity index (χ3v) is 3.01. The van der Waals surface area contributed by atoms with Gasteiger partial charge in [-0.1, -0.05) is 0 Å². The van der Waals surface area contributed by atoms with Gasteiger partial charge in [0.15, 0.2) is 0 Å². The van der Waals surface area contributed by atoms with Crippen LogP contribution < -0.4 is 0 Å². The van der Waals surface area contributed by atoms with Crippen molar-refractivity contribution in [2.75, 3.05) is 13.3 Å². The van der Waals surface area contributed by atoms with E-state index in [-0.39, 0.29) is 30.3 Å². The van der Waals surface area contributed by atoms with E-state index in [0.29, 0.717) is 6.61 Å². The normalized spacial score (nSPS) is 27.7. The second-order valence-corrected chi connectivity index (χ2v) is 4.69. The van der Waals surface area contributed by atoms with Crippen LogP contribution in [0.3, 0.4) is 0 Å². The fraction of sp³-hybridized carbons (Fsp3) is 0.917. The molecular formula is C12H21FO3. The first-order chi connectivity index (χ1) is 7.61. The summed E-state index contributed by atoms with van der Waals surface area (Å²) in [6, 6.07) is 0. The third-order valence-electron chi connectivity index (χ3n) is 3.01. The van der Waals surface area contributed by atoms with E-state index in [2.05, 4.69) is 0 Å². The number of halogens is 1. The van der Waals surface area contributed by atoms with Crippen molar-refractivity contribution in [2.45, 2.75) is 51.2 Å². The Kier molecular flexibility index (Phi) is 5.91. The number of Topliss-reactive ketones (excluding diaryl/α,β-unsaturated/α-hetero) is 1. The van der Waals surface area contributed by atoms with Crippen LogP contribution in [0.4, 0.5) is 4.39 Å². The van der Waals surface area contributed by atoms with Crippen LogP contribution in [0.15, 0.2) is 0 Å². The molecule has 16 heavy (non-hydrogen) atoms. The van der Waals surface area contributed by atoms with Crippen LogP contribution in [-0.2, 0) is 9.53 Å². The van der Waals surface area contributed by atoms with Gasteiger partial charge in [-0.25, -0.2) is 0 Å². The summed E-state index contributed by atoms with van der Waals surface area (Å²) < 4.78 is 18.1. The van der Waals surface area contributed by atoms with Crippen molar-refractivity contribution in [1.29, 1.82) is 0 Å². The molecule has 4 heteroatoms. The van der Waals surface area contributed by atoms with Crippen molar-refractivity contribution in [3.63, 3.8) is 0 Å². The Bertz CT molecular complexity index is 212. The number of aliphatic hydroxyl groups excluding tert-OH is 1. The molecule has 0 saturated heterocycles. The van der Waals surface area contributed by atoms with Gasteiger partial charge < -0.3 is 14.6 Å². The Morgan fingerprint density at radius 1 is 1.44 bits per heavy atom. The minimum absolute atomic E-state index is 0.00492. The Morgan fingerprint density at radius 3 is 2.56 bits per heavy atom. The number of ketones is 1. The maximum absolute atomic E-state index is 12.6. The molecule has 0 heterocycles. The Balaban J connectivity index is 2.19. The maximum Gasteiger partial charge on any atom is 0.130 e. The lowest BCUT2D eigenvalue weighted by molar-refractivity contribution is -0.119. The molecule has 0 radical (unpaired) electrons. The first-order valence-electron chi connectivity index (χ1n) is 5.97. The highest BCUT2D eigenvalue weighted by molar-refractivity contribution is 5.75. The Hall–Kier alpha value is -0.480. The van der Waals surface area contributed by atoms with Crippen molar-refractivity contribution in [2.24, 2.45) is 5.92 Å². The van der Waals surface area contributed by atoms with Gasteiger partial charge in [0, 0.05) is 12.3 Å². The van der Waals surface area contributed by atoms with Gasteiger partial charge in [0.2, 0.25) is 0 Å². The highest BCUT2D eigenvalue weighted by Gasteiger charge is 2.21. The summed E-state index contributed by atoms with van der Waals surface area (Å²) in [4.78, 5) is 10.9. The maximum atomic E-state index is 12.6. The smallest absolute Gasteiger partial charge is 0.130 e. The van der Waals surface area contributed by atoms with Crippen LogP contribution in [0.2, 0.25) is 0 Å². The molecular weight excluding hydrogens is 211 g/mol. The van der Waals surface area contributed by atoms with Crippen molar-refractivity contribution >= 4 is 5.78 Å². The van der Waals surface area contributed by atoms with E-state index in [0.717, 1.165) is 25.7 Å². The number of carbonyl (C=O) groups excluding carboxylic acids is 1. The molecule has 1 aliphatic carbocycles. The average Bonchev–Trinajstić information content (AvgIpc) is 2.26. The summed E-state index contributed by atoms with van der Waals surface area (Å²) in [5.41, 5.74) is 0. The average molecular weight is 232 g/mol. The van der Waals surface area contributed by atoms with Gasteiger partial charge in [-0.2, -0.15) is 0 Å². The highest BCUT2D eigenvalue weighted by atomic mass is 19.1. The van der Waals surface area contributed by atoms with E-state index < -0.39 is 6.67 Å². The largest absolute Gasteiger partial charge is 0.393 e. The molecule has 3 nitrogen and oxygen atoms in total. The molecule has 0 spiro atoms. The van der Waals surface area contributed by atoms with Crippen LogP contribution in [0.5, 0.6) is 0 Å². The monoisotopic (exact) mass is 232 g/mol. The first kappa shape index (κ1) is 13.6. The summed E-state index contributed by atoms with van der Waals surface area (Å²) in [5.74, 6) is -0.297. The zero-order valence-electron chi connectivity index (χ0n) is 9.82. The van der Waals surface area contributed by atoms with E-state index in [1.807, 2.05) is 0 Å². The SMILES string of the molecule is CC(=O)C[C@@H](CF)COC1CCC(O)CC1. The summed E-state index contributed by atoms with van der Waals surface area (Å²) in [5, 5.41) is 9.31. The van der Waals surface area contributed by atoms with Crippen LogP contribution in [0, 0.1) is 5.92 Å². The predicted octanol–water partition coefficient (Wildman–Crippen LogP) is 1.87. The second-order valence-electron chi connectivity index (χ2n) is 4.69. The van der Waals surface area contributed by atoms with Crippen molar-refractivity contribution < 1.29 is 19.0 Å². The number of carbonyl (C=O) groups is 1. The van der Waals surface area contributed by atoms with Crippen molar-refractivity contribution in [3.05, 3.63) is 0 Å². The summed E-state index contributed by atoms with van der Waals surface area (Å²) >= 11 is 0. The highest BCUT2D eigenvalue weighted by Crippen LogP contribution is 2.22. The molecule has 1 aliphatic rings. The molecule has 94 valence electrons. The topological polar surface area (TPSA) is 46.5 Å². The number of hydrogen-bond donors (Lipinski definition) is 1. The van der Waals surface area contributed by atoms with Gasteiger partial charge in [0.25, 0.3) is 0 Å². The fourth-order valence-electron chi connectivity index (χ4n) is 2.05. The second kappa shape index (κ2) is 6.97. The van der Waals surface area contributed by atoms with Gasteiger partial charge in [0.1, 0.15) is 5.78 Å². The van der Waals surface area contributed by atoms with Gasteiger partial charge >= 0.3 is 0 Å². The molecule has 0 unspecified atom stereocenters. The standard InChI is InChI=1S/C12H21FO3/c1-9(14)6-10(7-13)8-16-12-4-2-11(15)3-5-12/h10-12,15H,2-8H2,1H3/t10-,11?,12?/m0/s1. The first-order valence-corrected chi connectivity index (χ1v) is 5.97. The zero-order chi connectivity index (χ0) is 12.0. The summed E-state index contributed by atoms with van der Waals surface area (Å²) in [7, 11) is 0. The van der Waals surface area contributed by atoms with Crippen LogP contribution in [0.25, 0.3) is 0 Å². The molecule has 1 saturated carbocycles. The van der Waals surface area contributed by atoms with Gasteiger partial charge in [-0.05, 0) is 32.6 Å². The number of rotatable bonds is 6. The van der Waals surface area contributed by atoms with Gasteiger partial charge in [-0.15, -0.1) is 0 Å². The predicted molar refractivity (Wildman–Crippen MR) is 59.0 cm³/mol. The minimum atomic E-state index is -0.505. The fourth-order valence-corrected chi connectivity index (χ4v) is 2.05. The number of ether oxygens (including phenoxy) is 1. The summed E-state index contributed by atoms with van der Waals surface area (Å²) in [6.07, 6.45) is 3.38. The van der Waals surface area contributed by atoms with E-state index in [1.165, 1.54) is 6.92 Å². The molecule has 0 aromatic carbocycles. The van der Waals surface area contributed by atoms with Gasteiger partial charge in [0.05, 0.1) is 25.5 Å². The molecule has 0 bridgehead atoms. The molecule has 0 amide bonds. The van der Waals surface area contributed by atoms with Crippen LogP contribution >= 0.6 is 0 Å². The lowest BCUT2D eigenvalue weighted by atomic mass is 9.95. The molecule has 0 aromatic heterocycles. The van der Waals surface area contributed by atoms with E-state index in [1.54, 1.807) is 0 Å². The van der Waals surface area contributed by atoms with E-state index >= 15 is 0 Å². The number of aliphatic hydroxyl groups is 1. The third kappa shape index (κ3) is 5.03. The number of alkyl halides is 1. The lowest BCUT2D eigenvalue weighted by Gasteiger charge is -2.26. The Morgan fingerprint density at radius 2 is 2.06 bits per heavy atom. The van der Waals surface area contributed by atoms with Crippen LogP contribution in [-0.4, -0.2) is 36.4 Å². The molecule has 0 aromatic rings. The summed E-state index contributed by atoms with van der Waals surface area (Å²) in [6.45, 7) is 1.28. The molecule has 1 rings (SSSR count). The van der Waals surface area contributed by atoms with Crippen molar-refractivity contribution in [3.8, 4) is 0 Å². The zero-order valence-corrected chi connectivity index (χ0v) is 9.82. The minimum Gasteiger partial charge on any atom is -0.393 e. The Labute approximate surface area is 96.0 Å².